The summed E-state index contributed by atoms with van der Waals surface area (Å²) in [4.78, 5) is 4.69. The van der Waals surface area contributed by atoms with Gasteiger partial charge in [0.25, 0.3) is 0 Å². The molecule has 3 aromatic rings. The smallest absolute Gasteiger partial charge is 0.0702 e. The van der Waals surface area contributed by atoms with E-state index < -0.39 is 0 Å². The van der Waals surface area contributed by atoms with Crippen molar-refractivity contribution in [1.29, 1.82) is 0 Å². The minimum absolute atomic E-state index is 0.762. The van der Waals surface area contributed by atoms with Crippen LogP contribution in [0.15, 0.2) is 72.9 Å². The topological polar surface area (TPSA) is 12.9 Å². The summed E-state index contributed by atoms with van der Waals surface area (Å²) in [6, 6.07) is 24.0. The van der Waals surface area contributed by atoms with Crippen LogP contribution in [0, 0.1) is 11.8 Å². The zero-order valence-electron chi connectivity index (χ0n) is 18.0. The van der Waals surface area contributed by atoms with Gasteiger partial charge in [0.15, 0.2) is 0 Å². The number of nitrogens with zero attached hydrogens (tertiary/aromatic N) is 1. The highest BCUT2D eigenvalue weighted by atomic mass is 14.7. The van der Waals surface area contributed by atoms with E-state index in [1.165, 1.54) is 80.0 Å². The van der Waals surface area contributed by atoms with Crippen molar-refractivity contribution >= 4 is 0 Å². The lowest BCUT2D eigenvalue weighted by molar-refractivity contribution is 0.186. The average molecular weight is 396 g/mol. The lowest BCUT2D eigenvalue weighted by Crippen LogP contribution is -2.23. The van der Waals surface area contributed by atoms with Gasteiger partial charge in [-0.15, -0.1) is 0 Å². The molecule has 1 aromatic heterocycles. The summed E-state index contributed by atoms with van der Waals surface area (Å²) in [5.41, 5.74) is 6.20. The summed E-state index contributed by atoms with van der Waals surface area (Å²) in [7, 11) is 0. The van der Waals surface area contributed by atoms with Gasteiger partial charge in [0.05, 0.1) is 5.69 Å². The Morgan fingerprint density at radius 2 is 1.20 bits per heavy atom. The molecule has 0 aliphatic heterocycles. The van der Waals surface area contributed by atoms with Gasteiger partial charge >= 0.3 is 0 Å². The van der Waals surface area contributed by atoms with Crippen molar-refractivity contribution in [3.8, 4) is 22.4 Å². The van der Waals surface area contributed by atoms with E-state index in [0.29, 0.717) is 0 Å². The van der Waals surface area contributed by atoms with Crippen molar-refractivity contribution in [3.63, 3.8) is 0 Å². The average Bonchev–Trinajstić information content (AvgIpc) is 2.85. The quantitative estimate of drug-likeness (QED) is 0.433. The predicted molar refractivity (Wildman–Crippen MR) is 126 cm³/mol. The third kappa shape index (κ3) is 4.36. The first-order valence-electron chi connectivity index (χ1n) is 12.0. The van der Waals surface area contributed by atoms with Crippen LogP contribution in [0.25, 0.3) is 22.4 Å². The van der Waals surface area contributed by atoms with Gasteiger partial charge in [0.2, 0.25) is 0 Å². The lowest BCUT2D eigenvalue weighted by Gasteiger charge is -2.36. The molecule has 2 fully saturated rings. The van der Waals surface area contributed by atoms with E-state index >= 15 is 0 Å². The number of benzene rings is 2. The summed E-state index contributed by atoms with van der Waals surface area (Å²) < 4.78 is 0. The van der Waals surface area contributed by atoms with Crippen molar-refractivity contribution in [2.45, 2.75) is 63.7 Å². The van der Waals surface area contributed by atoms with Crippen LogP contribution in [0.2, 0.25) is 0 Å². The molecule has 0 unspecified atom stereocenters. The van der Waals surface area contributed by atoms with Gasteiger partial charge in [-0.05, 0) is 60.6 Å². The summed E-state index contributed by atoms with van der Waals surface area (Å²) in [6.45, 7) is 0. The molecular weight excluding hydrogens is 362 g/mol. The predicted octanol–water partition coefficient (Wildman–Crippen LogP) is 8.27. The fourth-order valence-electron chi connectivity index (χ4n) is 5.82. The molecule has 0 radical (unpaired) electrons. The maximum Gasteiger partial charge on any atom is 0.0702 e. The van der Waals surface area contributed by atoms with E-state index in [2.05, 4.69) is 60.7 Å². The summed E-state index contributed by atoms with van der Waals surface area (Å²) in [6.07, 6.45) is 15.1. The van der Waals surface area contributed by atoms with E-state index in [-0.39, 0.29) is 0 Å². The lowest BCUT2D eigenvalue weighted by atomic mass is 9.70. The van der Waals surface area contributed by atoms with E-state index in [4.69, 9.17) is 4.98 Å². The fourth-order valence-corrected chi connectivity index (χ4v) is 5.82. The summed E-state index contributed by atoms with van der Waals surface area (Å²) in [5.74, 6) is 2.81. The first-order chi connectivity index (χ1) is 14.9. The van der Waals surface area contributed by atoms with Gasteiger partial charge in [-0.3, -0.25) is 4.98 Å². The molecule has 1 nitrogen and oxygen atoms in total. The second-order valence-corrected chi connectivity index (χ2v) is 9.43. The molecule has 2 aromatic carbocycles. The zero-order chi connectivity index (χ0) is 20.2. The second kappa shape index (κ2) is 9.16. The molecule has 30 heavy (non-hydrogen) atoms. The molecule has 0 bridgehead atoms. The molecule has 0 saturated heterocycles. The second-order valence-electron chi connectivity index (χ2n) is 9.43. The number of rotatable bonds is 4. The van der Waals surface area contributed by atoms with Crippen LogP contribution in [0.4, 0.5) is 0 Å². The zero-order valence-corrected chi connectivity index (χ0v) is 18.0. The fraction of sp³-hybridized carbons (Fsp3) is 0.414. The SMILES string of the molecule is c1ccc(-c2ccc(-c3ccc(C4CCC(C5CCCCC5)CC4)cc3)cn2)cc1. The Hall–Kier alpha value is -2.41. The van der Waals surface area contributed by atoms with Crippen molar-refractivity contribution in [2.75, 3.05) is 0 Å². The Labute approximate surface area is 181 Å². The highest BCUT2D eigenvalue weighted by molar-refractivity contribution is 5.67. The Morgan fingerprint density at radius 1 is 0.533 bits per heavy atom. The molecule has 2 aliphatic rings. The highest BCUT2D eigenvalue weighted by Crippen LogP contribution is 2.43. The number of pyridine rings is 1. The van der Waals surface area contributed by atoms with Crippen molar-refractivity contribution in [1.82, 2.24) is 4.98 Å². The molecule has 1 heteroatoms. The van der Waals surface area contributed by atoms with Crippen LogP contribution in [0.3, 0.4) is 0 Å². The molecule has 0 N–H and O–H groups in total. The van der Waals surface area contributed by atoms with Gasteiger partial charge in [0.1, 0.15) is 0 Å². The minimum Gasteiger partial charge on any atom is -0.256 e. The summed E-state index contributed by atoms with van der Waals surface area (Å²) in [5, 5.41) is 0. The normalized spacial score (nSPS) is 22.7. The summed E-state index contributed by atoms with van der Waals surface area (Å²) >= 11 is 0. The standard InChI is InChI=1S/C29H33N/c1-3-7-22(8-4-1)23-11-13-24(14-12-23)25-15-17-26(18-16-25)28-19-20-29(30-21-28)27-9-5-2-6-10-27/h2,5-6,9-10,15-24H,1,3-4,7-8,11-14H2. The van der Waals surface area contributed by atoms with Gasteiger partial charge in [-0.25, -0.2) is 0 Å². The minimum atomic E-state index is 0.762. The van der Waals surface area contributed by atoms with Crippen LogP contribution in [0.5, 0.6) is 0 Å². The van der Waals surface area contributed by atoms with Gasteiger partial charge in [-0.1, -0.05) is 92.8 Å². The number of hydrogen-bond donors (Lipinski definition) is 0. The number of hydrogen-bond acceptors (Lipinski definition) is 1. The van der Waals surface area contributed by atoms with Crippen LogP contribution < -0.4 is 0 Å². The van der Waals surface area contributed by atoms with Gasteiger partial charge in [0, 0.05) is 17.3 Å². The Kier molecular flexibility index (Phi) is 5.97. The van der Waals surface area contributed by atoms with Gasteiger partial charge < -0.3 is 0 Å². The maximum absolute atomic E-state index is 4.69. The van der Waals surface area contributed by atoms with Crippen LogP contribution in [-0.2, 0) is 0 Å². The van der Waals surface area contributed by atoms with Crippen molar-refractivity contribution in [2.24, 2.45) is 11.8 Å². The van der Waals surface area contributed by atoms with E-state index in [9.17, 15) is 0 Å². The largest absolute Gasteiger partial charge is 0.256 e. The first-order valence-corrected chi connectivity index (χ1v) is 12.0. The third-order valence-corrected chi connectivity index (χ3v) is 7.64. The van der Waals surface area contributed by atoms with Crippen molar-refractivity contribution < 1.29 is 0 Å². The first kappa shape index (κ1) is 19.5. The maximum atomic E-state index is 4.69. The molecule has 154 valence electrons. The molecule has 0 atom stereocenters. The molecule has 0 amide bonds. The van der Waals surface area contributed by atoms with Gasteiger partial charge in [-0.2, -0.15) is 0 Å². The molecular formula is C29H33N. The van der Waals surface area contributed by atoms with Crippen LogP contribution in [-0.4, -0.2) is 4.98 Å². The Balaban J connectivity index is 1.22. The number of aromatic nitrogens is 1. The molecule has 5 rings (SSSR count). The molecule has 2 saturated carbocycles. The van der Waals surface area contributed by atoms with E-state index in [1.807, 2.05) is 12.3 Å². The Morgan fingerprint density at radius 3 is 1.87 bits per heavy atom. The van der Waals surface area contributed by atoms with Crippen molar-refractivity contribution in [3.05, 3.63) is 78.5 Å². The molecule has 2 aliphatic carbocycles. The molecule has 1 heterocycles. The third-order valence-electron chi connectivity index (χ3n) is 7.64. The Bertz CT molecular complexity index is 912. The van der Waals surface area contributed by atoms with E-state index in [1.54, 1.807) is 0 Å². The van der Waals surface area contributed by atoms with Crippen LogP contribution in [0.1, 0.15) is 69.3 Å². The monoisotopic (exact) mass is 395 g/mol. The van der Waals surface area contributed by atoms with E-state index in [0.717, 1.165) is 23.4 Å². The van der Waals surface area contributed by atoms with Crippen LogP contribution >= 0.6 is 0 Å². The highest BCUT2D eigenvalue weighted by Gasteiger charge is 2.28. The molecule has 0 spiro atoms.